The molecule has 1 N–H and O–H groups in total. The van der Waals surface area contributed by atoms with E-state index in [1.165, 1.54) is 30.4 Å². The van der Waals surface area contributed by atoms with E-state index in [0.717, 1.165) is 24.9 Å². The molecule has 0 aromatic heterocycles. The molecule has 1 nitrogen and oxygen atoms in total. The monoisotopic (exact) mass is 299 g/mol. The molecule has 1 unspecified atom stereocenters. The Morgan fingerprint density at radius 1 is 1.30 bits per heavy atom. The average Bonchev–Trinajstić information content (AvgIpc) is 2.43. The highest BCUT2D eigenvalue weighted by molar-refractivity contribution is 7.99. The van der Waals surface area contributed by atoms with Crippen molar-refractivity contribution in [3.63, 3.8) is 0 Å². The summed E-state index contributed by atoms with van der Waals surface area (Å²) in [6.45, 7) is 2.96. The number of hydrogen-bond donors (Lipinski definition) is 1. The number of hydrogen-bond acceptors (Lipinski definition) is 2. The van der Waals surface area contributed by atoms with Crippen LogP contribution < -0.4 is 5.32 Å². The van der Waals surface area contributed by atoms with E-state index in [2.05, 4.69) is 12.2 Å². The Balaban J connectivity index is 1.96. The van der Waals surface area contributed by atoms with Gasteiger partial charge in [0.1, 0.15) is 11.6 Å². The Labute approximate surface area is 124 Å². The fraction of sp³-hybridized carbons (Fsp3) is 0.625. The fourth-order valence-corrected chi connectivity index (χ4v) is 4.07. The van der Waals surface area contributed by atoms with Gasteiger partial charge >= 0.3 is 0 Å². The Morgan fingerprint density at radius 2 is 2.05 bits per heavy atom. The Kier molecular flexibility index (Phi) is 6.30. The van der Waals surface area contributed by atoms with Gasteiger partial charge in [0.15, 0.2) is 0 Å². The first-order valence-electron chi connectivity index (χ1n) is 7.44. The van der Waals surface area contributed by atoms with Crippen molar-refractivity contribution in [2.24, 2.45) is 5.92 Å². The smallest absolute Gasteiger partial charge is 0.129 e. The van der Waals surface area contributed by atoms with E-state index in [1.54, 1.807) is 6.07 Å². The summed E-state index contributed by atoms with van der Waals surface area (Å²) < 4.78 is 26.7. The molecule has 2 rings (SSSR count). The van der Waals surface area contributed by atoms with Gasteiger partial charge in [0.2, 0.25) is 0 Å². The molecule has 0 amide bonds. The van der Waals surface area contributed by atoms with Gasteiger partial charge in [-0.05, 0) is 61.3 Å². The summed E-state index contributed by atoms with van der Waals surface area (Å²) in [6.07, 6.45) is 4.26. The van der Waals surface area contributed by atoms with Crippen LogP contribution >= 0.6 is 11.8 Å². The van der Waals surface area contributed by atoms with Gasteiger partial charge in [0, 0.05) is 12.1 Å². The van der Waals surface area contributed by atoms with E-state index in [9.17, 15) is 8.78 Å². The van der Waals surface area contributed by atoms with Gasteiger partial charge < -0.3 is 5.32 Å². The number of likely N-dealkylation sites (N-methyl/N-ethyl adjacent to an activating group) is 1. The summed E-state index contributed by atoms with van der Waals surface area (Å²) >= 11 is 2.03. The van der Waals surface area contributed by atoms with Gasteiger partial charge in [-0.2, -0.15) is 11.8 Å². The van der Waals surface area contributed by atoms with Crippen LogP contribution in [-0.4, -0.2) is 24.1 Å². The van der Waals surface area contributed by atoms with Crippen LogP contribution in [0, 0.1) is 17.6 Å². The number of halogens is 2. The lowest BCUT2D eigenvalue weighted by molar-refractivity contribution is 0.363. The zero-order chi connectivity index (χ0) is 14.4. The first-order valence-corrected chi connectivity index (χ1v) is 8.59. The second kappa shape index (κ2) is 7.99. The molecule has 1 atom stereocenters. The zero-order valence-corrected chi connectivity index (χ0v) is 12.8. The molecule has 1 aromatic carbocycles. The van der Waals surface area contributed by atoms with Gasteiger partial charge in [0.25, 0.3) is 0 Å². The molecule has 0 bridgehead atoms. The summed E-state index contributed by atoms with van der Waals surface area (Å²) in [5.41, 5.74) is 0.613. The van der Waals surface area contributed by atoms with E-state index >= 15 is 0 Å². The lowest BCUT2D eigenvalue weighted by Gasteiger charge is -2.27. The van der Waals surface area contributed by atoms with Crippen molar-refractivity contribution in [3.8, 4) is 0 Å². The van der Waals surface area contributed by atoms with Crippen molar-refractivity contribution in [2.75, 3.05) is 18.1 Å². The van der Waals surface area contributed by atoms with Crippen molar-refractivity contribution in [2.45, 2.75) is 38.6 Å². The van der Waals surface area contributed by atoms with Crippen molar-refractivity contribution in [1.82, 2.24) is 5.32 Å². The summed E-state index contributed by atoms with van der Waals surface area (Å²) in [5.74, 6) is 2.30. The molecule has 0 spiro atoms. The second-order valence-corrected chi connectivity index (χ2v) is 6.71. The van der Waals surface area contributed by atoms with Crippen LogP contribution in [0.15, 0.2) is 18.2 Å². The molecular formula is C16H23F2NS. The summed E-state index contributed by atoms with van der Waals surface area (Å²) in [7, 11) is 0. The molecule has 0 aliphatic carbocycles. The summed E-state index contributed by atoms with van der Waals surface area (Å²) in [6, 6.07) is 4.19. The number of benzene rings is 1. The summed E-state index contributed by atoms with van der Waals surface area (Å²) in [4.78, 5) is 0. The zero-order valence-electron chi connectivity index (χ0n) is 12.0. The molecule has 0 radical (unpaired) electrons. The molecule has 20 heavy (non-hydrogen) atoms. The molecule has 1 aliphatic heterocycles. The Bertz CT molecular complexity index is 419. The minimum absolute atomic E-state index is 0.285. The van der Waals surface area contributed by atoms with Gasteiger partial charge in [-0.25, -0.2) is 8.78 Å². The fourth-order valence-electron chi connectivity index (χ4n) is 2.86. The minimum atomic E-state index is -0.504. The maximum Gasteiger partial charge on any atom is 0.129 e. The maximum atomic E-state index is 13.8. The third-order valence-corrected chi connectivity index (χ3v) is 4.98. The van der Waals surface area contributed by atoms with Crippen molar-refractivity contribution < 1.29 is 8.78 Å². The predicted octanol–water partition coefficient (Wildman–Crippen LogP) is 4.02. The molecule has 1 saturated heterocycles. The highest BCUT2D eigenvalue weighted by Gasteiger charge is 2.20. The quantitative estimate of drug-likeness (QED) is 0.851. The lowest BCUT2D eigenvalue weighted by atomic mass is 9.91. The maximum absolute atomic E-state index is 13.8. The van der Waals surface area contributed by atoms with Crippen molar-refractivity contribution >= 4 is 11.8 Å². The van der Waals surface area contributed by atoms with Crippen LogP contribution in [0.25, 0.3) is 0 Å². The van der Waals surface area contributed by atoms with Crippen molar-refractivity contribution in [1.29, 1.82) is 0 Å². The van der Waals surface area contributed by atoms with E-state index in [4.69, 9.17) is 0 Å². The number of rotatable bonds is 6. The van der Waals surface area contributed by atoms with Crippen LogP contribution in [-0.2, 0) is 6.42 Å². The van der Waals surface area contributed by atoms with Crippen LogP contribution in [0.3, 0.4) is 0 Å². The van der Waals surface area contributed by atoms with E-state index in [-0.39, 0.29) is 6.04 Å². The predicted molar refractivity (Wildman–Crippen MR) is 82.2 cm³/mol. The molecule has 1 fully saturated rings. The third kappa shape index (κ3) is 4.74. The van der Waals surface area contributed by atoms with Crippen LogP contribution in [0.5, 0.6) is 0 Å². The largest absolute Gasteiger partial charge is 0.314 e. The number of thioether (sulfide) groups is 1. The lowest BCUT2D eigenvalue weighted by Crippen LogP contribution is -2.34. The highest BCUT2D eigenvalue weighted by Crippen LogP contribution is 2.27. The average molecular weight is 299 g/mol. The first kappa shape index (κ1) is 15.8. The van der Waals surface area contributed by atoms with E-state index in [1.807, 2.05) is 11.8 Å². The van der Waals surface area contributed by atoms with E-state index in [0.29, 0.717) is 12.0 Å². The normalized spacial score (nSPS) is 18.1. The minimum Gasteiger partial charge on any atom is -0.314 e. The van der Waals surface area contributed by atoms with Crippen LogP contribution in [0.1, 0.15) is 31.7 Å². The summed E-state index contributed by atoms with van der Waals surface area (Å²) in [5, 5.41) is 3.45. The highest BCUT2D eigenvalue weighted by atomic mass is 32.2. The molecule has 4 heteroatoms. The van der Waals surface area contributed by atoms with Gasteiger partial charge in [-0.3, -0.25) is 0 Å². The third-order valence-electron chi connectivity index (χ3n) is 3.93. The Morgan fingerprint density at radius 3 is 2.70 bits per heavy atom. The number of nitrogens with one attached hydrogen (secondary N) is 1. The standard InChI is InChI=1S/C16H23F2NS/c1-2-19-15(9-12-5-7-20-8-6-12)10-13-3-4-14(17)11-16(13)18/h3-4,11-12,15,19H,2,5-10H2,1H3. The molecule has 1 heterocycles. The molecule has 1 aliphatic rings. The first-order chi connectivity index (χ1) is 9.69. The molecule has 1 aromatic rings. The van der Waals surface area contributed by atoms with Gasteiger partial charge in [-0.1, -0.05) is 13.0 Å². The SMILES string of the molecule is CCNC(Cc1ccc(F)cc1F)CC1CCSCC1. The van der Waals surface area contributed by atoms with Crippen molar-refractivity contribution in [3.05, 3.63) is 35.4 Å². The Hall–Kier alpha value is -0.610. The molecule has 0 saturated carbocycles. The molecule has 112 valence electrons. The van der Waals surface area contributed by atoms with Gasteiger partial charge in [0.05, 0.1) is 0 Å². The molecular weight excluding hydrogens is 276 g/mol. The second-order valence-electron chi connectivity index (χ2n) is 5.49. The van der Waals surface area contributed by atoms with Gasteiger partial charge in [-0.15, -0.1) is 0 Å². The van der Waals surface area contributed by atoms with Crippen LogP contribution in [0.2, 0.25) is 0 Å². The van der Waals surface area contributed by atoms with Crippen LogP contribution in [0.4, 0.5) is 8.78 Å². The topological polar surface area (TPSA) is 12.0 Å². The van der Waals surface area contributed by atoms with E-state index < -0.39 is 11.6 Å².